The lowest BCUT2D eigenvalue weighted by Crippen LogP contribution is -2.36. The molecule has 0 spiro atoms. The molecule has 0 bridgehead atoms. The second-order valence-corrected chi connectivity index (χ2v) is 5.55. The van der Waals surface area contributed by atoms with Gasteiger partial charge < -0.3 is 10.6 Å². The minimum absolute atomic E-state index is 0. The summed E-state index contributed by atoms with van der Waals surface area (Å²) in [6.07, 6.45) is 1.46. The molecular formula is C18H19F2IN6. The van der Waals surface area contributed by atoms with Crippen molar-refractivity contribution < 1.29 is 8.78 Å². The molecule has 3 N–H and O–H groups in total. The van der Waals surface area contributed by atoms with Crippen LogP contribution in [0.2, 0.25) is 0 Å². The van der Waals surface area contributed by atoms with Crippen LogP contribution in [0.15, 0.2) is 53.8 Å². The van der Waals surface area contributed by atoms with E-state index in [-0.39, 0.29) is 36.1 Å². The Kier molecular flexibility index (Phi) is 7.65. The highest BCUT2D eigenvalue weighted by molar-refractivity contribution is 14.0. The van der Waals surface area contributed by atoms with E-state index >= 15 is 0 Å². The zero-order valence-corrected chi connectivity index (χ0v) is 16.9. The van der Waals surface area contributed by atoms with Crippen LogP contribution in [0, 0.1) is 11.6 Å². The van der Waals surface area contributed by atoms with Crippen molar-refractivity contribution in [3.63, 3.8) is 0 Å². The molecule has 0 fully saturated rings. The van der Waals surface area contributed by atoms with Crippen molar-refractivity contribution in [2.45, 2.75) is 13.1 Å². The Morgan fingerprint density at radius 3 is 2.67 bits per heavy atom. The summed E-state index contributed by atoms with van der Waals surface area (Å²) in [5.74, 6) is 0.235. The van der Waals surface area contributed by atoms with Crippen molar-refractivity contribution in [3.8, 4) is 11.4 Å². The number of nitrogens with zero attached hydrogens (tertiary/aromatic N) is 3. The van der Waals surface area contributed by atoms with E-state index in [0.717, 1.165) is 29.3 Å². The molecule has 6 nitrogen and oxygen atoms in total. The average molecular weight is 484 g/mol. The summed E-state index contributed by atoms with van der Waals surface area (Å²) in [5.41, 5.74) is 2.17. The molecular weight excluding hydrogens is 465 g/mol. The standard InChI is InChI=1S/C18H18F2N6.HI/c1-21-18(23-10-14-8-15(19)5-6-16(14)20)22-9-12-3-2-4-13(7-12)17-24-11-25-26-17;/h2-8,11H,9-10H2,1H3,(H2,21,22,23)(H,24,25,26);1H. The number of hydrogen-bond acceptors (Lipinski definition) is 3. The van der Waals surface area contributed by atoms with Crippen LogP contribution in [0.3, 0.4) is 0 Å². The van der Waals surface area contributed by atoms with Gasteiger partial charge in [0.2, 0.25) is 0 Å². The highest BCUT2D eigenvalue weighted by Crippen LogP contribution is 2.15. The van der Waals surface area contributed by atoms with Gasteiger partial charge in [-0.1, -0.05) is 18.2 Å². The fourth-order valence-electron chi connectivity index (χ4n) is 2.44. The van der Waals surface area contributed by atoms with E-state index in [1.54, 1.807) is 7.05 Å². The van der Waals surface area contributed by atoms with Crippen LogP contribution in [-0.4, -0.2) is 28.2 Å². The monoisotopic (exact) mass is 484 g/mol. The Hall–Kier alpha value is -2.56. The molecule has 0 aliphatic rings. The lowest BCUT2D eigenvalue weighted by molar-refractivity contribution is 0.581. The average Bonchev–Trinajstić information content (AvgIpc) is 3.19. The topological polar surface area (TPSA) is 78.0 Å². The highest BCUT2D eigenvalue weighted by Gasteiger charge is 2.06. The number of aliphatic imine (C=N–C) groups is 1. The van der Waals surface area contributed by atoms with Gasteiger partial charge in [0.05, 0.1) is 0 Å². The van der Waals surface area contributed by atoms with Crippen LogP contribution in [0.4, 0.5) is 8.78 Å². The minimum atomic E-state index is -0.477. The molecule has 9 heteroatoms. The van der Waals surface area contributed by atoms with Gasteiger partial charge in [-0.2, -0.15) is 5.10 Å². The normalized spacial score (nSPS) is 11.0. The van der Waals surface area contributed by atoms with Gasteiger partial charge in [-0.25, -0.2) is 13.8 Å². The molecule has 142 valence electrons. The molecule has 3 aromatic rings. The quantitative estimate of drug-likeness (QED) is 0.295. The SMILES string of the molecule is CN=C(NCc1cccc(-c2ncn[nH]2)c1)NCc1cc(F)ccc1F.I. The summed E-state index contributed by atoms with van der Waals surface area (Å²) in [5, 5.41) is 12.8. The Balaban J connectivity index is 0.00000261. The molecule has 0 aliphatic carbocycles. The molecule has 0 atom stereocenters. The van der Waals surface area contributed by atoms with E-state index < -0.39 is 11.6 Å². The first-order valence-corrected chi connectivity index (χ1v) is 7.99. The maximum absolute atomic E-state index is 13.7. The van der Waals surface area contributed by atoms with E-state index in [0.29, 0.717) is 18.3 Å². The second kappa shape index (κ2) is 9.95. The summed E-state index contributed by atoms with van der Waals surface area (Å²) < 4.78 is 26.9. The molecule has 1 heterocycles. The summed E-state index contributed by atoms with van der Waals surface area (Å²) in [6, 6.07) is 11.2. The van der Waals surface area contributed by atoms with E-state index in [1.807, 2.05) is 24.3 Å². The molecule has 3 rings (SSSR count). The fourth-order valence-corrected chi connectivity index (χ4v) is 2.44. The third-order valence-electron chi connectivity index (χ3n) is 3.75. The van der Waals surface area contributed by atoms with Crippen molar-refractivity contribution >= 4 is 29.9 Å². The molecule has 1 aromatic heterocycles. The van der Waals surface area contributed by atoms with Crippen molar-refractivity contribution in [1.29, 1.82) is 0 Å². The maximum atomic E-state index is 13.7. The van der Waals surface area contributed by atoms with Gasteiger partial charge in [0.25, 0.3) is 0 Å². The fraction of sp³-hybridized carbons (Fsp3) is 0.167. The van der Waals surface area contributed by atoms with Gasteiger partial charge in [-0.05, 0) is 29.8 Å². The number of guanidine groups is 1. The van der Waals surface area contributed by atoms with Gasteiger partial charge in [-0.3, -0.25) is 10.1 Å². The molecule has 0 unspecified atom stereocenters. The number of aromatic amines is 1. The highest BCUT2D eigenvalue weighted by atomic mass is 127. The van der Waals surface area contributed by atoms with E-state index in [4.69, 9.17) is 0 Å². The van der Waals surface area contributed by atoms with Gasteiger partial charge >= 0.3 is 0 Å². The van der Waals surface area contributed by atoms with Crippen LogP contribution < -0.4 is 10.6 Å². The second-order valence-electron chi connectivity index (χ2n) is 5.55. The molecule has 0 saturated carbocycles. The Morgan fingerprint density at radius 1 is 1.11 bits per heavy atom. The first-order chi connectivity index (χ1) is 12.7. The molecule has 2 aromatic carbocycles. The van der Waals surface area contributed by atoms with Gasteiger partial charge in [0.1, 0.15) is 18.0 Å². The number of rotatable bonds is 5. The third kappa shape index (κ3) is 5.71. The minimum Gasteiger partial charge on any atom is -0.352 e. The molecule has 0 saturated heterocycles. The summed E-state index contributed by atoms with van der Waals surface area (Å²) in [7, 11) is 1.61. The van der Waals surface area contributed by atoms with Crippen LogP contribution >= 0.6 is 24.0 Å². The Bertz CT molecular complexity index is 899. The zero-order valence-electron chi connectivity index (χ0n) is 14.5. The number of halogens is 3. The maximum Gasteiger partial charge on any atom is 0.191 e. The lowest BCUT2D eigenvalue weighted by Gasteiger charge is -2.13. The van der Waals surface area contributed by atoms with Crippen LogP contribution in [-0.2, 0) is 13.1 Å². The summed E-state index contributed by atoms with van der Waals surface area (Å²) in [6.45, 7) is 0.634. The van der Waals surface area contributed by atoms with Crippen LogP contribution in [0.25, 0.3) is 11.4 Å². The van der Waals surface area contributed by atoms with Gasteiger partial charge in [-0.15, -0.1) is 24.0 Å². The third-order valence-corrected chi connectivity index (χ3v) is 3.75. The zero-order chi connectivity index (χ0) is 18.4. The number of H-pyrrole nitrogens is 1. The first-order valence-electron chi connectivity index (χ1n) is 7.99. The van der Waals surface area contributed by atoms with Crippen molar-refractivity contribution in [2.24, 2.45) is 4.99 Å². The lowest BCUT2D eigenvalue weighted by atomic mass is 10.1. The molecule has 27 heavy (non-hydrogen) atoms. The summed E-state index contributed by atoms with van der Waals surface area (Å²) >= 11 is 0. The molecule has 0 radical (unpaired) electrons. The van der Waals surface area contributed by atoms with Crippen molar-refractivity contribution in [2.75, 3.05) is 7.05 Å². The molecule has 0 aliphatic heterocycles. The Morgan fingerprint density at radius 2 is 1.93 bits per heavy atom. The van der Waals surface area contributed by atoms with Gasteiger partial charge in [0, 0.05) is 31.3 Å². The van der Waals surface area contributed by atoms with E-state index in [1.165, 1.54) is 6.33 Å². The van der Waals surface area contributed by atoms with E-state index in [9.17, 15) is 8.78 Å². The summed E-state index contributed by atoms with van der Waals surface area (Å²) in [4.78, 5) is 8.22. The largest absolute Gasteiger partial charge is 0.352 e. The van der Waals surface area contributed by atoms with E-state index in [2.05, 4.69) is 30.8 Å². The van der Waals surface area contributed by atoms with Crippen LogP contribution in [0.1, 0.15) is 11.1 Å². The number of benzene rings is 2. The predicted molar refractivity (Wildman–Crippen MR) is 111 cm³/mol. The van der Waals surface area contributed by atoms with Gasteiger partial charge in [0.15, 0.2) is 11.8 Å². The Labute approximate surface area is 172 Å². The predicted octanol–water partition coefficient (Wildman–Crippen LogP) is 3.23. The smallest absolute Gasteiger partial charge is 0.191 e. The number of hydrogen-bond donors (Lipinski definition) is 3. The van der Waals surface area contributed by atoms with Crippen molar-refractivity contribution in [1.82, 2.24) is 25.8 Å². The number of nitrogens with one attached hydrogen (secondary N) is 3. The van der Waals surface area contributed by atoms with Crippen molar-refractivity contribution in [3.05, 3.63) is 71.6 Å². The molecule has 0 amide bonds. The first kappa shape index (κ1) is 20.7. The van der Waals surface area contributed by atoms with Crippen LogP contribution in [0.5, 0.6) is 0 Å². The number of aromatic nitrogens is 3.